The molecule has 1 heterocycles. The van der Waals surface area contributed by atoms with Crippen molar-refractivity contribution in [3.63, 3.8) is 0 Å². The summed E-state index contributed by atoms with van der Waals surface area (Å²) in [6, 6.07) is 2.20. The van der Waals surface area contributed by atoms with Crippen molar-refractivity contribution in [2.24, 2.45) is 0 Å². The van der Waals surface area contributed by atoms with E-state index in [-0.39, 0.29) is 16.1 Å². The van der Waals surface area contributed by atoms with Gasteiger partial charge >= 0.3 is 5.97 Å². The molecule has 3 N–H and O–H groups in total. The second-order valence-corrected chi connectivity index (χ2v) is 6.27. The van der Waals surface area contributed by atoms with Gasteiger partial charge in [0.05, 0.1) is 10.5 Å². The third kappa shape index (κ3) is 2.99. The molecule has 0 radical (unpaired) electrons. The number of carbonyl (C=O) groups is 1. The van der Waals surface area contributed by atoms with Crippen molar-refractivity contribution in [3.8, 4) is 0 Å². The minimum absolute atomic E-state index is 0.106. The molecule has 0 aliphatic carbocycles. The van der Waals surface area contributed by atoms with Crippen LogP contribution in [0.15, 0.2) is 21.4 Å². The number of rotatable bonds is 4. The average Bonchev–Trinajstić information content (AvgIpc) is 2.80. The number of hydrogen-bond donors (Lipinski definition) is 2. The fourth-order valence-corrected chi connectivity index (χ4v) is 3.12. The van der Waals surface area contributed by atoms with Crippen LogP contribution in [-0.2, 0) is 0 Å². The molecule has 2 aromatic rings. The standard InChI is InChI=1S/C11H11FN4O2S2/c1-16(2)10-14-15-11(20-10)19-8-3-5(9(17)18)7(13)4-6(8)12/h3-4H,13H2,1-2H3,(H,17,18). The highest BCUT2D eigenvalue weighted by molar-refractivity contribution is 8.01. The van der Waals surface area contributed by atoms with Gasteiger partial charge in [0.2, 0.25) is 5.13 Å². The van der Waals surface area contributed by atoms with Gasteiger partial charge in [0.25, 0.3) is 0 Å². The number of aromatic carboxylic acids is 1. The molecule has 20 heavy (non-hydrogen) atoms. The minimum atomic E-state index is -1.20. The van der Waals surface area contributed by atoms with E-state index >= 15 is 0 Å². The quantitative estimate of drug-likeness (QED) is 0.835. The van der Waals surface area contributed by atoms with E-state index < -0.39 is 11.8 Å². The second-order valence-electron chi connectivity index (χ2n) is 4.02. The van der Waals surface area contributed by atoms with Crippen LogP contribution >= 0.6 is 23.1 Å². The van der Waals surface area contributed by atoms with Crippen LogP contribution in [0.3, 0.4) is 0 Å². The number of nitrogen functional groups attached to an aromatic ring is 1. The van der Waals surface area contributed by atoms with E-state index in [0.717, 1.165) is 17.8 Å². The summed E-state index contributed by atoms with van der Waals surface area (Å²) in [6.07, 6.45) is 0. The average molecular weight is 314 g/mol. The lowest BCUT2D eigenvalue weighted by molar-refractivity contribution is 0.0697. The highest BCUT2D eigenvalue weighted by Crippen LogP contribution is 2.35. The van der Waals surface area contributed by atoms with Gasteiger partial charge in [-0.1, -0.05) is 23.1 Å². The Labute approximate surface area is 122 Å². The molecule has 1 aromatic carbocycles. The van der Waals surface area contributed by atoms with Crippen LogP contribution in [0.2, 0.25) is 0 Å². The monoisotopic (exact) mass is 314 g/mol. The fourth-order valence-electron chi connectivity index (χ4n) is 1.35. The van der Waals surface area contributed by atoms with Gasteiger partial charge in [0.1, 0.15) is 5.82 Å². The van der Waals surface area contributed by atoms with Crippen molar-refractivity contribution in [3.05, 3.63) is 23.5 Å². The van der Waals surface area contributed by atoms with Crippen LogP contribution in [0, 0.1) is 5.82 Å². The highest BCUT2D eigenvalue weighted by Gasteiger charge is 2.16. The summed E-state index contributed by atoms with van der Waals surface area (Å²) in [7, 11) is 3.64. The minimum Gasteiger partial charge on any atom is -0.478 e. The molecule has 2 rings (SSSR count). The summed E-state index contributed by atoms with van der Waals surface area (Å²) in [5.41, 5.74) is 5.23. The topological polar surface area (TPSA) is 92.3 Å². The van der Waals surface area contributed by atoms with Crippen molar-refractivity contribution in [2.75, 3.05) is 24.7 Å². The zero-order valence-electron chi connectivity index (χ0n) is 10.6. The summed E-state index contributed by atoms with van der Waals surface area (Å²) < 4.78 is 14.3. The van der Waals surface area contributed by atoms with Crippen LogP contribution < -0.4 is 10.6 Å². The molecule has 1 aromatic heterocycles. The Balaban J connectivity index is 2.32. The maximum atomic E-state index is 13.8. The molecule has 0 saturated carbocycles. The molecule has 0 spiro atoms. The molecule has 0 unspecified atom stereocenters. The van der Waals surface area contributed by atoms with Crippen LogP contribution in [-0.4, -0.2) is 35.4 Å². The van der Waals surface area contributed by atoms with Gasteiger partial charge in [0, 0.05) is 19.8 Å². The molecule has 0 aliphatic rings. The highest BCUT2D eigenvalue weighted by atomic mass is 32.2. The molecule has 6 nitrogen and oxygen atoms in total. The predicted octanol–water partition coefficient (Wildman–Crippen LogP) is 2.17. The molecular formula is C11H11FN4O2S2. The Morgan fingerprint density at radius 2 is 2.15 bits per heavy atom. The molecule has 0 fully saturated rings. The molecular weight excluding hydrogens is 303 g/mol. The maximum Gasteiger partial charge on any atom is 0.337 e. The van der Waals surface area contributed by atoms with Crippen molar-refractivity contribution in [2.45, 2.75) is 9.24 Å². The first-order valence-corrected chi connectivity index (χ1v) is 7.02. The van der Waals surface area contributed by atoms with Gasteiger partial charge in [0.15, 0.2) is 4.34 Å². The Morgan fingerprint density at radius 1 is 1.45 bits per heavy atom. The van der Waals surface area contributed by atoms with Gasteiger partial charge in [-0.25, -0.2) is 9.18 Å². The first kappa shape index (κ1) is 14.5. The normalized spacial score (nSPS) is 10.6. The molecule has 0 saturated heterocycles. The van der Waals surface area contributed by atoms with Crippen molar-refractivity contribution in [1.29, 1.82) is 0 Å². The summed E-state index contributed by atoms with van der Waals surface area (Å²) in [5.74, 6) is -1.78. The van der Waals surface area contributed by atoms with E-state index in [2.05, 4.69) is 10.2 Å². The Morgan fingerprint density at radius 3 is 2.70 bits per heavy atom. The molecule has 0 amide bonds. The van der Waals surface area contributed by atoms with E-state index in [1.807, 2.05) is 14.1 Å². The second kappa shape index (κ2) is 5.63. The molecule has 9 heteroatoms. The third-order valence-corrected chi connectivity index (χ3v) is 4.48. The largest absolute Gasteiger partial charge is 0.478 e. The fraction of sp³-hybridized carbons (Fsp3) is 0.182. The van der Waals surface area contributed by atoms with Crippen LogP contribution in [0.4, 0.5) is 15.2 Å². The zero-order chi connectivity index (χ0) is 14.9. The summed E-state index contributed by atoms with van der Waals surface area (Å²) in [4.78, 5) is 12.9. The number of benzene rings is 1. The Hall–Kier alpha value is -1.87. The van der Waals surface area contributed by atoms with Crippen molar-refractivity contribution >= 4 is 39.9 Å². The number of aromatic nitrogens is 2. The van der Waals surface area contributed by atoms with Crippen LogP contribution in [0.5, 0.6) is 0 Å². The summed E-state index contributed by atoms with van der Waals surface area (Å²) in [5, 5.41) is 17.5. The van der Waals surface area contributed by atoms with Crippen molar-refractivity contribution < 1.29 is 14.3 Å². The number of nitrogens with two attached hydrogens (primary N) is 1. The van der Waals surface area contributed by atoms with Crippen LogP contribution in [0.1, 0.15) is 10.4 Å². The first-order chi connectivity index (χ1) is 9.38. The van der Waals surface area contributed by atoms with E-state index in [0.29, 0.717) is 9.47 Å². The van der Waals surface area contributed by atoms with Crippen molar-refractivity contribution in [1.82, 2.24) is 10.2 Å². The Kier molecular flexibility index (Phi) is 4.09. The lowest BCUT2D eigenvalue weighted by Crippen LogP contribution is -2.07. The molecule has 0 aliphatic heterocycles. The van der Waals surface area contributed by atoms with Gasteiger partial charge in [-0.05, 0) is 12.1 Å². The Bertz CT molecular complexity index is 660. The van der Waals surface area contributed by atoms with E-state index in [1.165, 1.54) is 17.4 Å². The molecule has 106 valence electrons. The van der Waals surface area contributed by atoms with E-state index in [9.17, 15) is 9.18 Å². The predicted molar refractivity (Wildman–Crippen MR) is 76.1 cm³/mol. The van der Waals surface area contributed by atoms with Gasteiger partial charge in [-0.2, -0.15) is 0 Å². The lowest BCUT2D eigenvalue weighted by atomic mass is 10.2. The van der Waals surface area contributed by atoms with Gasteiger partial charge < -0.3 is 15.7 Å². The zero-order valence-corrected chi connectivity index (χ0v) is 12.3. The molecule has 0 bridgehead atoms. The maximum absolute atomic E-state index is 13.8. The number of anilines is 2. The molecule has 0 atom stereocenters. The SMILES string of the molecule is CN(C)c1nnc(Sc2cc(C(=O)O)c(N)cc2F)s1. The lowest BCUT2D eigenvalue weighted by Gasteiger charge is -2.05. The van der Waals surface area contributed by atoms with Crippen LogP contribution in [0.25, 0.3) is 0 Å². The third-order valence-electron chi connectivity index (χ3n) is 2.31. The smallest absolute Gasteiger partial charge is 0.337 e. The number of halogens is 1. The summed E-state index contributed by atoms with van der Waals surface area (Å²) in [6.45, 7) is 0. The number of carboxylic acids is 1. The van der Waals surface area contributed by atoms with Gasteiger partial charge in [-0.3, -0.25) is 0 Å². The van der Waals surface area contributed by atoms with Gasteiger partial charge in [-0.15, -0.1) is 10.2 Å². The summed E-state index contributed by atoms with van der Waals surface area (Å²) >= 11 is 2.30. The number of hydrogen-bond acceptors (Lipinski definition) is 7. The van der Waals surface area contributed by atoms with E-state index in [1.54, 1.807) is 4.90 Å². The first-order valence-electron chi connectivity index (χ1n) is 5.39. The number of nitrogens with zero attached hydrogens (tertiary/aromatic N) is 3. The van der Waals surface area contributed by atoms with E-state index in [4.69, 9.17) is 10.8 Å². The number of carboxylic acid groups (broad SMARTS) is 1.